The molecule has 0 saturated heterocycles. The van der Waals surface area contributed by atoms with Gasteiger partial charge in [-0.2, -0.15) is 0 Å². The molecule has 0 heterocycles. The number of hydrogen-bond donors (Lipinski definition) is 0. The van der Waals surface area contributed by atoms with Crippen molar-refractivity contribution < 1.29 is 28.6 Å². The van der Waals surface area contributed by atoms with Crippen LogP contribution in [0.1, 0.15) is 310 Å². The molecule has 1 unspecified atom stereocenters. The van der Waals surface area contributed by atoms with Gasteiger partial charge in [0.05, 0.1) is 0 Å². The van der Waals surface area contributed by atoms with Crippen molar-refractivity contribution in [2.75, 3.05) is 13.2 Å². The van der Waals surface area contributed by atoms with E-state index in [0.29, 0.717) is 19.3 Å². The maximum absolute atomic E-state index is 12.9. The molecule has 0 aromatic rings. The van der Waals surface area contributed by atoms with Gasteiger partial charge in [0.2, 0.25) is 0 Å². The third kappa shape index (κ3) is 64.6. The van der Waals surface area contributed by atoms with E-state index < -0.39 is 6.10 Å². The summed E-state index contributed by atoms with van der Waals surface area (Å²) in [5, 5.41) is 0. The normalized spacial score (nSPS) is 12.9. The van der Waals surface area contributed by atoms with Crippen LogP contribution in [0.4, 0.5) is 0 Å². The van der Waals surface area contributed by atoms with Gasteiger partial charge in [0.15, 0.2) is 6.10 Å². The van der Waals surface area contributed by atoms with Crippen LogP contribution in [0.3, 0.4) is 0 Å². The van der Waals surface area contributed by atoms with Gasteiger partial charge in [-0.25, -0.2) is 0 Å². The highest BCUT2D eigenvalue weighted by Crippen LogP contribution is 2.16. The summed E-state index contributed by atoms with van der Waals surface area (Å²) in [6, 6.07) is 0. The lowest BCUT2D eigenvalue weighted by Gasteiger charge is -2.18. The van der Waals surface area contributed by atoms with E-state index in [4.69, 9.17) is 14.2 Å². The molecular formula is C74H124O6. The third-order valence-corrected chi connectivity index (χ3v) is 14.2. The Morgan fingerprint density at radius 3 is 0.775 bits per heavy atom. The van der Waals surface area contributed by atoms with Gasteiger partial charge in [-0.05, 0) is 128 Å². The van der Waals surface area contributed by atoms with Gasteiger partial charge in [0.1, 0.15) is 13.2 Å². The minimum atomic E-state index is -0.795. The SMILES string of the molecule is CC/C=C\C/C=C\C/C=C\C/C=C\C/C=C\CCCCCCCCCCCCCC(=O)OCC(COC(=O)CCCCCCC/C=C\CCCCCCCCC)OC(=O)CCCCCCCC/C=C\C/C=C\C/C=C\C/C=C\CC. The molecule has 456 valence electrons. The second kappa shape index (κ2) is 67.3. The lowest BCUT2D eigenvalue weighted by atomic mass is 10.0. The first-order valence-electron chi connectivity index (χ1n) is 33.5. The van der Waals surface area contributed by atoms with Crippen molar-refractivity contribution in [2.24, 2.45) is 0 Å². The molecule has 0 aliphatic rings. The van der Waals surface area contributed by atoms with Crippen LogP contribution >= 0.6 is 0 Å². The van der Waals surface area contributed by atoms with Crippen LogP contribution < -0.4 is 0 Å². The van der Waals surface area contributed by atoms with E-state index >= 15 is 0 Å². The highest BCUT2D eigenvalue weighted by molar-refractivity contribution is 5.71. The number of unbranched alkanes of at least 4 members (excludes halogenated alkanes) is 29. The van der Waals surface area contributed by atoms with Crippen LogP contribution in [0, 0.1) is 0 Å². The molecule has 6 nitrogen and oxygen atoms in total. The topological polar surface area (TPSA) is 78.9 Å². The standard InChI is InChI=1S/C74H124O6/c1-4-7-10-13-16-19-22-25-28-31-33-34-35-36-37-38-39-40-42-43-46-49-52-55-58-61-64-67-73(76)79-70-71(69-78-72(75)66-63-60-57-54-51-48-45-30-27-24-21-18-15-12-9-6-3)80-74(77)68-65-62-59-56-53-50-47-44-41-32-29-26-23-20-17-14-11-8-5-2/h7-8,10-11,16-17,19-20,25-26,28-30,33-34,36-37,41,44-45,71H,4-6,9,12-15,18,21-24,27,31-32,35,38-40,42-43,46-70H2,1-3H3/b10-7-,11-8-,19-16-,20-17-,28-25-,29-26-,34-33-,37-36-,44-41-,45-30-. The molecule has 6 heteroatoms. The number of hydrogen-bond acceptors (Lipinski definition) is 6. The van der Waals surface area contributed by atoms with Crippen molar-refractivity contribution in [2.45, 2.75) is 316 Å². The zero-order chi connectivity index (χ0) is 57.8. The van der Waals surface area contributed by atoms with E-state index in [2.05, 4.69) is 142 Å². The number of carbonyl (C=O) groups is 3. The van der Waals surface area contributed by atoms with E-state index in [9.17, 15) is 14.4 Å². The number of rotatable bonds is 60. The van der Waals surface area contributed by atoms with Gasteiger partial charge in [-0.1, -0.05) is 284 Å². The van der Waals surface area contributed by atoms with Crippen LogP contribution in [-0.2, 0) is 28.6 Å². The molecule has 0 spiro atoms. The lowest BCUT2D eigenvalue weighted by molar-refractivity contribution is -0.167. The fourth-order valence-corrected chi connectivity index (χ4v) is 9.22. The molecule has 0 bridgehead atoms. The Morgan fingerprint density at radius 2 is 0.487 bits per heavy atom. The fourth-order valence-electron chi connectivity index (χ4n) is 9.22. The minimum Gasteiger partial charge on any atom is -0.462 e. The van der Waals surface area contributed by atoms with Crippen molar-refractivity contribution >= 4 is 17.9 Å². The molecule has 0 saturated carbocycles. The summed E-state index contributed by atoms with van der Waals surface area (Å²) >= 11 is 0. The van der Waals surface area contributed by atoms with Crippen molar-refractivity contribution in [3.63, 3.8) is 0 Å². The molecule has 80 heavy (non-hydrogen) atoms. The first-order valence-corrected chi connectivity index (χ1v) is 33.5. The summed E-state index contributed by atoms with van der Waals surface area (Å²) in [7, 11) is 0. The quantitative estimate of drug-likeness (QED) is 0.0261. The van der Waals surface area contributed by atoms with E-state index in [1.54, 1.807) is 0 Å². The van der Waals surface area contributed by atoms with E-state index in [0.717, 1.165) is 135 Å². The van der Waals surface area contributed by atoms with Crippen LogP contribution in [0.5, 0.6) is 0 Å². The van der Waals surface area contributed by atoms with E-state index in [1.807, 2.05) is 0 Å². The highest BCUT2D eigenvalue weighted by atomic mass is 16.6. The van der Waals surface area contributed by atoms with Crippen molar-refractivity contribution in [1.29, 1.82) is 0 Å². The zero-order valence-electron chi connectivity index (χ0n) is 52.3. The maximum Gasteiger partial charge on any atom is 0.306 e. The monoisotopic (exact) mass is 1110 g/mol. The predicted molar refractivity (Wildman–Crippen MR) is 348 cm³/mol. The van der Waals surface area contributed by atoms with Gasteiger partial charge < -0.3 is 14.2 Å². The zero-order valence-corrected chi connectivity index (χ0v) is 52.3. The Balaban J connectivity index is 4.37. The van der Waals surface area contributed by atoms with Gasteiger partial charge in [0.25, 0.3) is 0 Å². The summed E-state index contributed by atoms with van der Waals surface area (Å²) in [6.45, 7) is 6.41. The highest BCUT2D eigenvalue weighted by Gasteiger charge is 2.19. The largest absolute Gasteiger partial charge is 0.462 e. The Hall–Kier alpha value is -4.19. The number of carbonyl (C=O) groups excluding carboxylic acids is 3. The van der Waals surface area contributed by atoms with Crippen LogP contribution in [-0.4, -0.2) is 37.2 Å². The van der Waals surface area contributed by atoms with Crippen molar-refractivity contribution in [1.82, 2.24) is 0 Å². The Bertz CT molecular complexity index is 1650. The summed E-state index contributed by atoms with van der Waals surface area (Å²) in [4.78, 5) is 38.4. The van der Waals surface area contributed by atoms with Crippen LogP contribution in [0.15, 0.2) is 122 Å². The maximum atomic E-state index is 12.9. The Morgan fingerprint density at radius 1 is 0.263 bits per heavy atom. The molecule has 1 atom stereocenters. The lowest BCUT2D eigenvalue weighted by Crippen LogP contribution is -2.30. The Labute approximate surface area is 494 Å². The fraction of sp³-hybridized carbons (Fsp3) is 0.689. The third-order valence-electron chi connectivity index (χ3n) is 14.2. The molecule has 0 fully saturated rings. The first-order chi connectivity index (χ1) is 39.5. The summed E-state index contributed by atoms with van der Waals surface area (Å²) in [5.41, 5.74) is 0. The van der Waals surface area contributed by atoms with Crippen molar-refractivity contribution in [3.05, 3.63) is 122 Å². The molecule has 0 aromatic heterocycles. The van der Waals surface area contributed by atoms with Crippen LogP contribution in [0.2, 0.25) is 0 Å². The van der Waals surface area contributed by atoms with Gasteiger partial charge >= 0.3 is 17.9 Å². The Kier molecular flexibility index (Phi) is 63.8. The molecule has 0 N–H and O–H groups in total. The average Bonchev–Trinajstić information content (AvgIpc) is 3.46. The summed E-state index contributed by atoms with van der Waals surface area (Å²) in [5.74, 6) is -0.906. The number of ether oxygens (including phenoxy) is 3. The predicted octanol–water partition coefficient (Wildman–Crippen LogP) is 23.2. The van der Waals surface area contributed by atoms with Gasteiger partial charge in [0, 0.05) is 19.3 Å². The second-order valence-corrected chi connectivity index (χ2v) is 22.0. The molecule has 0 aromatic carbocycles. The smallest absolute Gasteiger partial charge is 0.306 e. The van der Waals surface area contributed by atoms with E-state index in [-0.39, 0.29) is 31.1 Å². The second-order valence-electron chi connectivity index (χ2n) is 22.0. The van der Waals surface area contributed by atoms with E-state index in [1.165, 1.54) is 135 Å². The van der Waals surface area contributed by atoms with Gasteiger partial charge in [-0.15, -0.1) is 0 Å². The van der Waals surface area contributed by atoms with Crippen molar-refractivity contribution in [3.8, 4) is 0 Å². The molecule has 0 aliphatic carbocycles. The van der Waals surface area contributed by atoms with Gasteiger partial charge in [-0.3, -0.25) is 14.4 Å². The molecule has 0 radical (unpaired) electrons. The number of allylic oxidation sites excluding steroid dienone is 20. The summed E-state index contributed by atoms with van der Waals surface area (Å²) in [6.07, 6.45) is 93.5. The average molecular weight is 1110 g/mol. The summed E-state index contributed by atoms with van der Waals surface area (Å²) < 4.78 is 16.9. The molecular weight excluding hydrogens is 985 g/mol. The number of esters is 3. The molecule has 0 rings (SSSR count). The van der Waals surface area contributed by atoms with Crippen LogP contribution in [0.25, 0.3) is 0 Å². The molecule has 0 amide bonds. The molecule has 0 aliphatic heterocycles. The minimum absolute atomic E-state index is 0.0893. The first kappa shape index (κ1) is 75.8.